The molecule has 2 bridgehead atoms. The lowest BCUT2D eigenvalue weighted by Crippen LogP contribution is -2.65. The maximum Gasteiger partial charge on any atom is 0.249 e. The monoisotopic (exact) mass is 404 g/mol. The molecule has 0 saturated carbocycles. The summed E-state index contributed by atoms with van der Waals surface area (Å²) in [6, 6.07) is 1.15. The Labute approximate surface area is 171 Å². The molecule has 28 heavy (non-hydrogen) atoms. The van der Waals surface area contributed by atoms with Gasteiger partial charge in [-0.05, 0) is 50.5 Å². The van der Waals surface area contributed by atoms with E-state index in [2.05, 4.69) is 25.5 Å². The first-order valence-corrected chi connectivity index (χ1v) is 12.0. The molecule has 1 amide bonds. The molecule has 1 aromatic heterocycles. The number of nitrogens with one attached hydrogen (secondary N) is 1. The van der Waals surface area contributed by atoms with Crippen LogP contribution in [0, 0.1) is 11.8 Å². The summed E-state index contributed by atoms with van der Waals surface area (Å²) in [6.07, 6.45) is 6.94. The van der Waals surface area contributed by atoms with Gasteiger partial charge >= 0.3 is 0 Å². The molecule has 0 spiro atoms. The van der Waals surface area contributed by atoms with Crippen molar-refractivity contribution in [3.63, 3.8) is 0 Å². The Morgan fingerprint density at radius 2 is 2.18 bits per heavy atom. The topological polar surface area (TPSA) is 57.7 Å². The molecule has 0 aliphatic carbocycles. The highest BCUT2D eigenvalue weighted by molar-refractivity contribution is 7.07. The Balaban J connectivity index is 1.28. The molecule has 1 N–H and O–H groups in total. The smallest absolute Gasteiger partial charge is 0.249 e. The second-order valence-electron chi connectivity index (χ2n) is 9.04. The predicted molar refractivity (Wildman–Crippen MR) is 109 cm³/mol. The van der Waals surface area contributed by atoms with Gasteiger partial charge in [0.15, 0.2) is 0 Å². The zero-order chi connectivity index (χ0) is 18.9. The molecule has 4 aliphatic heterocycles. The van der Waals surface area contributed by atoms with E-state index in [9.17, 15) is 4.79 Å². The number of nitrogens with zero attached hydrogens (tertiary/aromatic N) is 3. The van der Waals surface area contributed by atoms with Crippen molar-refractivity contribution >= 4 is 17.2 Å². The minimum absolute atomic E-state index is 0.100. The van der Waals surface area contributed by atoms with Crippen LogP contribution in [0.15, 0.2) is 10.9 Å². The third-order valence-corrected chi connectivity index (χ3v) is 7.91. The summed E-state index contributed by atoms with van der Waals surface area (Å²) >= 11 is 1.69. The first-order valence-electron chi connectivity index (χ1n) is 11.0. The molecule has 5 heterocycles. The number of aromatic nitrogens is 1. The number of hydrogen-bond acceptors (Lipinski definition) is 6. The van der Waals surface area contributed by atoms with Crippen molar-refractivity contribution in [2.75, 3.05) is 32.8 Å². The fraction of sp³-hybridized carbons (Fsp3) is 0.810. The second-order valence-corrected chi connectivity index (χ2v) is 9.76. The Bertz CT molecular complexity index is 663. The van der Waals surface area contributed by atoms with Crippen molar-refractivity contribution in [2.24, 2.45) is 11.8 Å². The lowest BCUT2D eigenvalue weighted by Gasteiger charge is -2.56. The van der Waals surface area contributed by atoms with Crippen molar-refractivity contribution < 1.29 is 9.53 Å². The maximum absolute atomic E-state index is 12.5. The van der Waals surface area contributed by atoms with Crippen LogP contribution in [0.4, 0.5) is 0 Å². The molecule has 154 valence electrons. The number of likely N-dealkylation sites (tertiary alicyclic amines) is 1. The summed E-state index contributed by atoms with van der Waals surface area (Å²) in [7, 11) is 0. The fourth-order valence-corrected chi connectivity index (χ4v) is 6.61. The van der Waals surface area contributed by atoms with Crippen LogP contribution in [-0.2, 0) is 16.1 Å². The largest absolute Gasteiger partial charge is 0.368 e. The van der Waals surface area contributed by atoms with Gasteiger partial charge in [-0.1, -0.05) is 6.42 Å². The lowest BCUT2D eigenvalue weighted by atomic mass is 9.72. The van der Waals surface area contributed by atoms with Crippen molar-refractivity contribution in [1.82, 2.24) is 20.1 Å². The van der Waals surface area contributed by atoms with Crippen LogP contribution in [-0.4, -0.2) is 71.7 Å². The van der Waals surface area contributed by atoms with E-state index in [1.54, 1.807) is 11.3 Å². The van der Waals surface area contributed by atoms with Gasteiger partial charge in [0.25, 0.3) is 0 Å². The third kappa shape index (κ3) is 3.86. The predicted octanol–water partition coefficient (Wildman–Crippen LogP) is 2.11. The first kappa shape index (κ1) is 19.0. The average Bonchev–Trinajstić information content (AvgIpc) is 3.42. The van der Waals surface area contributed by atoms with Crippen molar-refractivity contribution in [1.29, 1.82) is 0 Å². The number of ether oxygens (including phenoxy) is 1. The van der Waals surface area contributed by atoms with E-state index in [4.69, 9.17) is 4.74 Å². The Morgan fingerprint density at radius 3 is 3.00 bits per heavy atom. The Hall–Kier alpha value is -1.02. The SMILES string of the molecule is O=C(NC[C@H]1[C@H]2C[C@H](CN(Cc3cscn3)C2)[C@@H]2CCCCN21)[C@@H]1CCCO1. The Kier molecular flexibility index (Phi) is 5.68. The summed E-state index contributed by atoms with van der Waals surface area (Å²) in [5.41, 5.74) is 3.14. The summed E-state index contributed by atoms with van der Waals surface area (Å²) in [6.45, 7) is 5.99. The van der Waals surface area contributed by atoms with E-state index < -0.39 is 0 Å². The normalized spacial score (nSPS) is 36.2. The lowest BCUT2D eigenvalue weighted by molar-refractivity contribution is -0.131. The van der Waals surface area contributed by atoms with Gasteiger partial charge in [0.05, 0.1) is 11.2 Å². The summed E-state index contributed by atoms with van der Waals surface area (Å²) in [4.78, 5) is 22.4. The molecular weight excluding hydrogens is 372 g/mol. The van der Waals surface area contributed by atoms with Gasteiger partial charge in [-0.2, -0.15) is 0 Å². The molecule has 4 aliphatic rings. The van der Waals surface area contributed by atoms with Crippen LogP contribution < -0.4 is 5.32 Å². The van der Waals surface area contributed by atoms with Gasteiger partial charge in [-0.25, -0.2) is 4.98 Å². The molecular formula is C21H32N4O2S. The number of carbonyl (C=O) groups excluding carboxylic acids is 1. The molecule has 0 aromatic carbocycles. The van der Waals surface area contributed by atoms with Gasteiger partial charge in [0.2, 0.25) is 5.91 Å². The van der Waals surface area contributed by atoms with Gasteiger partial charge in [0, 0.05) is 50.2 Å². The van der Waals surface area contributed by atoms with Crippen LogP contribution in [0.3, 0.4) is 0 Å². The highest BCUT2D eigenvalue weighted by Crippen LogP contribution is 2.41. The molecule has 6 nitrogen and oxygen atoms in total. The standard InChI is InChI=1S/C21H32N4O2S/c26-21(20-5-3-7-27-20)22-9-19-16-8-15(18-4-1-2-6-25(18)19)10-24(11-16)12-17-13-28-14-23-17/h13-16,18-20H,1-12H2,(H,22,26)/t15-,16+,18+,19+,20+/m1/s1. The van der Waals surface area contributed by atoms with Crippen LogP contribution in [0.25, 0.3) is 0 Å². The molecule has 0 radical (unpaired) electrons. The van der Waals surface area contributed by atoms with Crippen LogP contribution in [0.2, 0.25) is 0 Å². The van der Waals surface area contributed by atoms with Crippen molar-refractivity contribution in [3.05, 3.63) is 16.6 Å². The average molecular weight is 405 g/mol. The van der Waals surface area contributed by atoms with E-state index >= 15 is 0 Å². The number of thiazole rings is 1. The summed E-state index contributed by atoms with van der Waals surface area (Å²) in [5.74, 6) is 1.50. The number of amides is 1. The number of fused-ring (bicyclic) bond motifs is 4. The zero-order valence-corrected chi connectivity index (χ0v) is 17.4. The highest BCUT2D eigenvalue weighted by Gasteiger charge is 2.47. The van der Waals surface area contributed by atoms with Crippen molar-refractivity contribution in [3.8, 4) is 0 Å². The molecule has 4 fully saturated rings. The third-order valence-electron chi connectivity index (χ3n) is 7.27. The quantitative estimate of drug-likeness (QED) is 0.815. The molecule has 1 aromatic rings. The second kappa shape index (κ2) is 8.38. The molecule has 0 unspecified atom stereocenters. The first-order chi connectivity index (χ1) is 13.8. The minimum Gasteiger partial charge on any atom is -0.368 e. The van der Waals surface area contributed by atoms with E-state index in [0.717, 1.165) is 45.0 Å². The summed E-state index contributed by atoms with van der Waals surface area (Å²) < 4.78 is 5.58. The number of hydrogen-bond donors (Lipinski definition) is 1. The molecule has 7 heteroatoms. The van der Waals surface area contributed by atoms with Gasteiger partial charge in [-0.3, -0.25) is 14.6 Å². The minimum atomic E-state index is -0.221. The molecule has 4 saturated heterocycles. The van der Waals surface area contributed by atoms with Crippen LogP contribution in [0.5, 0.6) is 0 Å². The van der Waals surface area contributed by atoms with Crippen molar-refractivity contribution in [2.45, 2.75) is 63.3 Å². The maximum atomic E-state index is 12.5. The fourth-order valence-electron chi connectivity index (χ4n) is 6.06. The number of piperidine rings is 3. The molecule has 5 atom stereocenters. The van der Waals surface area contributed by atoms with Crippen LogP contribution in [0.1, 0.15) is 44.2 Å². The number of rotatable bonds is 5. The van der Waals surface area contributed by atoms with E-state index in [0.29, 0.717) is 18.0 Å². The Morgan fingerprint density at radius 1 is 1.25 bits per heavy atom. The number of carbonyl (C=O) groups is 1. The summed E-state index contributed by atoms with van der Waals surface area (Å²) in [5, 5.41) is 5.43. The molecule has 5 rings (SSSR count). The van der Waals surface area contributed by atoms with Gasteiger partial charge in [0.1, 0.15) is 6.10 Å². The van der Waals surface area contributed by atoms with E-state index in [1.165, 1.54) is 44.5 Å². The van der Waals surface area contributed by atoms with E-state index in [1.807, 2.05) is 5.51 Å². The van der Waals surface area contributed by atoms with E-state index in [-0.39, 0.29) is 12.0 Å². The highest BCUT2D eigenvalue weighted by atomic mass is 32.1. The zero-order valence-electron chi connectivity index (χ0n) is 16.6. The van der Waals surface area contributed by atoms with Gasteiger partial charge < -0.3 is 10.1 Å². The van der Waals surface area contributed by atoms with Gasteiger partial charge in [-0.15, -0.1) is 11.3 Å². The van der Waals surface area contributed by atoms with Crippen LogP contribution >= 0.6 is 11.3 Å².